The SMILES string of the molecule is COc1cc(OC)nc(Oc2cccnc2C(=O)NC2CCSC2=O)n1. The van der Waals surface area contributed by atoms with Gasteiger partial charge in [-0.15, -0.1) is 0 Å². The molecule has 1 unspecified atom stereocenters. The first-order chi connectivity index (χ1) is 12.6. The Hall–Kier alpha value is -2.88. The molecule has 1 saturated heterocycles. The van der Waals surface area contributed by atoms with Gasteiger partial charge in [-0.3, -0.25) is 9.59 Å². The topological polar surface area (TPSA) is 113 Å². The maximum atomic E-state index is 12.5. The van der Waals surface area contributed by atoms with Crippen LogP contribution in [0.5, 0.6) is 23.5 Å². The fourth-order valence-electron chi connectivity index (χ4n) is 2.23. The fourth-order valence-corrected chi connectivity index (χ4v) is 3.17. The van der Waals surface area contributed by atoms with Crippen molar-refractivity contribution in [1.82, 2.24) is 20.3 Å². The number of rotatable bonds is 6. The van der Waals surface area contributed by atoms with Gasteiger partial charge in [0.1, 0.15) is 0 Å². The number of pyridine rings is 1. The van der Waals surface area contributed by atoms with Gasteiger partial charge >= 0.3 is 6.01 Å². The first kappa shape index (κ1) is 17.9. The molecule has 1 aliphatic rings. The molecule has 0 bridgehead atoms. The highest BCUT2D eigenvalue weighted by molar-refractivity contribution is 8.14. The van der Waals surface area contributed by atoms with E-state index in [1.54, 1.807) is 12.1 Å². The molecule has 1 fully saturated rings. The second-order valence-electron chi connectivity index (χ2n) is 5.17. The van der Waals surface area contributed by atoms with Crippen LogP contribution < -0.4 is 19.5 Å². The number of hydrogen-bond acceptors (Lipinski definition) is 9. The van der Waals surface area contributed by atoms with Gasteiger partial charge in [0.25, 0.3) is 5.91 Å². The lowest BCUT2D eigenvalue weighted by molar-refractivity contribution is -0.112. The largest absolute Gasteiger partial charge is 0.481 e. The molecule has 0 aromatic carbocycles. The highest BCUT2D eigenvalue weighted by Crippen LogP contribution is 2.26. The second-order valence-corrected chi connectivity index (χ2v) is 6.27. The van der Waals surface area contributed by atoms with Gasteiger partial charge in [0.15, 0.2) is 11.4 Å². The zero-order valence-electron chi connectivity index (χ0n) is 14.1. The highest BCUT2D eigenvalue weighted by atomic mass is 32.2. The molecule has 0 saturated carbocycles. The van der Waals surface area contributed by atoms with E-state index in [9.17, 15) is 9.59 Å². The number of nitrogens with zero attached hydrogens (tertiary/aromatic N) is 3. The number of hydrogen-bond donors (Lipinski definition) is 1. The van der Waals surface area contributed by atoms with Gasteiger partial charge < -0.3 is 19.5 Å². The summed E-state index contributed by atoms with van der Waals surface area (Å²) in [5.41, 5.74) is 0.0302. The van der Waals surface area contributed by atoms with E-state index in [1.165, 1.54) is 38.2 Å². The summed E-state index contributed by atoms with van der Waals surface area (Å²) < 4.78 is 15.7. The Balaban J connectivity index is 1.83. The predicted octanol–water partition coefficient (Wildman–Crippen LogP) is 1.44. The fraction of sp³-hybridized carbons (Fsp3) is 0.312. The van der Waals surface area contributed by atoms with Crippen molar-refractivity contribution in [2.45, 2.75) is 12.5 Å². The van der Waals surface area contributed by atoms with Crippen LogP contribution in [0.25, 0.3) is 0 Å². The summed E-state index contributed by atoms with van der Waals surface area (Å²) in [6.45, 7) is 0. The average Bonchev–Trinajstić information content (AvgIpc) is 3.06. The number of thioether (sulfide) groups is 1. The van der Waals surface area contributed by atoms with Crippen LogP contribution in [0.1, 0.15) is 16.9 Å². The van der Waals surface area contributed by atoms with Crippen LogP contribution in [0.4, 0.5) is 0 Å². The van der Waals surface area contributed by atoms with Crippen molar-refractivity contribution in [2.24, 2.45) is 0 Å². The van der Waals surface area contributed by atoms with Crippen molar-refractivity contribution in [2.75, 3.05) is 20.0 Å². The predicted molar refractivity (Wildman–Crippen MR) is 92.8 cm³/mol. The molecule has 0 spiro atoms. The lowest BCUT2D eigenvalue weighted by Crippen LogP contribution is -2.37. The van der Waals surface area contributed by atoms with Gasteiger partial charge in [-0.05, 0) is 18.6 Å². The van der Waals surface area contributed by atoms with Gasteiger partial charge in [0.05, 0.1) is 26.3 Å². The summed E-state index contributed by atoms with van der Waals surface area (Å²) in [6.07, 6.45) is 2.05. The van der Waals surface area contributed by atoms with Gasteiger partial charge in [0.2, 0.25) is 16.9 Å². The van der Waals surface area contributed by atoms with E-state index in [1.807, 2.05) is 0 Å². The standard InChI is InChI=1S/C16H16N4O5S/c1-23-11-8-12(24-2)20-16(19-11)25-10-4-3-6-17-13(10)14(21)18-9-5-7-26-15(9)22/h3-4,6,8-9H,5,7H2,1-2H3,(H,18,21). The first-order valence-corrected chi connectivity index (χ1v) is 8.66. The first-order valence-electron chi connectivity index (χ1n) is 7.68. The maximum Gasteiger partial charge on any atom is 0.328 e. The lowest BCUT2D eigenvalue weighted by atomic mass is 10.2. The molecule has 9 nitrogen and oxygen atoms in total. The molecule has 1 atom stereocenters. The molecule has 0 radical (unpaired) electrons. The van der Waals surface area contributed by atoms with Crippen LogP contribution in [0.15, 0.2) is 24.4 Å². The Morgan fingerprint density at radius 2 is 2.00 bits per heavy atom. The number of carbonyl (C=O) groups excluding carboxylic acids is 2. The zero-order chi connectivity index (χ0) is 18.5. The van der Waals surface area contributed by atoms with Crippen molar-refractivity contribution < 1.29 is 23.8 Å². The third-order valence-electron chi connectivity index (χ3n) is 3.50. The van der Waals surface area contributed by atoms with Gasteiger partial charge in [-0.25, -0.2) is 4.98 Å². The van der Waals surface area contributed by atoms with Crippen LogP contribution in [-0.2, 0) is 4.79 Å². The summed E-state index contributed by atoms with van der Waals surface area (Å²) in [7, 11) is 2.90. The molecule has 10 heteroatoms. The van der Waals surface area contributed by atoms with E-state index >= 15 is 0 Å². The van der Waals surface area contributed by atoms with E-state index < -0.39 is 11.9 Å². The van der Waals surface area contributed by atoms with Crippen molar-refractivity contribution in [1.29, 1.82) is 0 Å². The summed E-state index contributed by atoms with van der Waals surface area (Å²) in [5.74, 6) is 0.827. The van der Waals surface area contributed by atoms with E-state index in [2.05, 4.69) is 20.3 Å². The molecular formula is C16H16N4O5S. The van der Waals surface area contributed by atoms with E-state index in [0.29, 0.717) is 12.2 Å². The quantitative estimate of drug-likeness (QED) is 0.800. The zero-order valence-corrected chi connectivity index (χ0v) is 14.9. The summed E-state index contributed by atoms with van der Waals surface area (Å²) >= 11 is 1.20. The van der Waals surface area contributed by atoms with Crippen molar-refractivity contribution >= 4 is 22.8 Å². The minimum Gasteiger partial charge on any atom is -0.481 e. The molecule has 3 rings (SSSR count). The number of carbonyl (C=O) groups is 2. The van der Waals surface area contributed by atoms with E-state index in [0.717, 1.165) is 0 Å². The minimum atomic E-state index is -0.518. The molecule has 3 heterocycles. The Labute approximate surface area is 153 Å². The minimum absolute atomic E-state index is 0.0302. The third-order valence-corrected chi connectivity index (χ3v) is 4.51. The molecular weight excluding hydrogens is 360 g/mol. The number of amides is 1. The van der Waals surface area contributed by atoms with Crippen LogP contribution in [0.3, 0.4) is 0 Å². The molecule has 0 aliphatic carbocycles. The van der Waals surface area contributed by atoms with Crippen LogP contribution in [0.2, 0.25) is 0 Å². The van der Waals surface area contributed by atoms with Gasteiger partial charge in [0, 0.05) is 11.9 Å². The van der Waals surface area contributed by atoms with Crippen LogP contribution in [-0.4, -0.2) is 52.0 Å². The Morgan fingerprint density at radius 3 is 2.62 bits per heavy atom. The molecule has 1 aliphatic heterocycles. The average molecular weight is 376 g/mol. The summed E-state index contributed by atoms with van der Waals surface area (Å²) in [6, 6.07) is 4.08. The van der Waals surface area contributed by atoms with Crippen LogP contribution >= 0.6 is 11.8 Å². The molecule has 2 aromatic rings. The van der Waals surface area contributed by atoms with Gasteiger partial charge in [-0.2, -0.15) is 9.97 Å². The normalized spacial score (nSPS) is 16.2. The van der Waals surface area contributed by atoms with Crippen molar-refractivity contribution in [3.63, 3.8) is 0 Å². The number of nitrogens with one attached hydrogen (secondary N) is 1. The van der Waals surface area contributed by atoms with Crippen molar-refractivity contribution in [3.8, 4) is 23.5 Å². The van der Waals surface area contributed by atoms with E-state index in [-0.39, 0.29) is 34.3 Å². The number of aromatic nitrogens is 3. The maximum absolute atomic E-state index is 12.5. The summed E-state index contributed by atoms with van der Waals surface area (Å²) in [5, 5.41) is 2.62. The molecule has 2 aromatic heterocycles. The molecule has 1 N–H and O–H groups in total. The number of ether oxygens (including phenoxy) is 3. The molecule has 1 amide bonds. The smallest absolute Gasteiger partial charge is 0.328 e. The monoisotopic (exact) mass is 376 g/mol. The Morgan fingerprint density at radius 1 is 1.27 bits per heavy atom. The Bertz CT molecular complexity index is 810. The Kier molecular flexibility index (Phi) is 5.52. The lowest BCUT2D eigenvalue weighted by Gasteiger charge is -2.12. The molecule has 26 heavy (non-hydrogen) atoms. The summed E-state index contributed by atoms with van der Waals surface area (Å²) in [4.78, 5) is 36.4. The second kappa shape index (κ2) is 8.00. The van der Waals surface area contributed by atoms with Crippen molar-refractivity contribution in [3.05, 3.63) is 30.1 Å². The van der Waals surface area contributed by atoms with Gasteiger partial charge in [-0.1, -0.05) is 11.8 Å². The third kappa shape index (κ3) is 4.02. The van der Waals surface area contributed by atoms with E-state index in [4.69, 9.17) is 14.2 Å². The molecule has 136 valence electrons. The van der Waals surface area contributed by atoms with Crippen LogP contribution in [0, 0.1) is 0 Å². The highest BCUT2D eigenvalue weighted by Gasteiger charge is 2.28. The number of methoxy groups -OCH3 is 2.